The second-order valence-corrected chi connectivity index (χ2v) is 5.07. The van der Waals surface area contributed by atoms with Crippen LogP contribution in [0.5, 0.6) is 0 Å². The Bertz CT molecular complexity index is 193. The Morgan fingerprint density at radius 1 is 1.29 bits per heavy atom. The maximum atomic E-state index is 3.73. The van der Waals surface area contributed by atoms with Gasteiger partial charge in [-0.3, -0.25) is 0 Å². The summed E-state index contributed by atoms with van der Waals surface area (Å²) in [4.78, 5) is 0. The van der Waals surface area contributed by atoms with Crippen molar-refractivity contribution in [1.82, 2.24) is 5.32 Å². The molecule has 1 fully saturated rings. The minimum absolute atomic E-state index is 0.666. The quantitative estimate of drug-likeness (QED) is 0.676. The Morgan fingerprint density at radius 3 is 2.71 bits per heavy atom. The third kappa shape index (κ3) is 2.84. The van der Waals surface area contributed by atoms with Gasteiger partial charge in [-0.25, -0.2) is 0 Å². The van der Waals surface area contributed by atoms with Gasteiger partial charge < -0.3 is 5.32 Å². The highest BCUT2D eigenvalue weighted by Gasteiger charge is 2.21. The molecule has 0 spiro atoms. The fourth-order valence-corrected chi connectivity index (χ4v) is 2.61. The predicted molar refractivity (Wildman–Crippen MR) is 61.3 cm³/mol. The molecule has 14 heavy (non-hydrogen) atoms. The number of nitrogens with one attached hydrogen (secondary N) is 1. The van der Waals surface area contributed by atoms with E-state index >= 15 is 0 Å². The molecular formula is C13H23N. The van der Waals surface area contributed by atoms with Gasteiger partial charge in [0.25, 0.3) is 0 Å². The predicted octanol–water partition coefficient (Wildman–Crippen LogP) is 3.26. The molecule has 2 aliphatic rings. The maximum absolute atomic E-state index is 3.73. The van der Waals surface area contributed by atoms with Gasteiger partial charge in [0, 0.05) is 12.1 Å². The SMILES string of the molecule is CC(CC1CCC1)NC1C=CCCC1. The second kappa shape index (κ2) is 4.97. The lowest BCUT2D eigenvalue weighted by molar-refractivity contribution is 0.259. The zero-order valence-corrected chi connectivity index (χ0v) is 9.34. The summed E-state index contributed by atoms with van der Waals surface area (Å²) in [5, 5.41) is 3.73. The smallest absolute Gasteiger partial charge is 0.0252 e. The highest BCUT2D eigenvalue weighted by atomic mass is 14.9. The molecule has 1 saturated carbocycles. The lowest BCUT2D eigenvalue weighted by Gasteiger charge is -2.30. The standard InChI is InChI=1S/C13H23N/c1-11(10-12-6-5-7-12)14-13-8-3-2-4-9-13/h3,8,11-14H,2,4-7,9-10H2,1H3. The van der Waals surface area contributed by atoms with E-state index in [2.05, 4.69) is 24.4 Å². The summed E-state index contributed by atoms with van der Waals surface area (Å²) in [6.07, 6.45) is 14.5. The maximum Gasteiger partial charge on any atom is 0.0252 e. The molecule has 0 amide bonds. The third-order valence-corrected chi connectivity index (χ3v) is 3.66. The number of allylic oxidation sites excluding steroid dienone is 1. The average molecular weight is 193 g/mol. The van der Waals surface area contributed by atoms with Crippen LogP contribution in [0.1, 0.15) is 51.9 Å². The molecule has 0 aliphatic heterocycles. The molecule has 0 heterocycles. The first kappa shape index (κ1) is 10.2. The molecule has 0 aromatic heterocycles. The largest absolute Gasteiger partial charge is 0.308 e. The zero-order chi connectivity index (χ0) is 9.80. The van der Waals surface area contributed by atoms with Crippen LogP contribution in [0.15, 0.2) is 12.2 Å². The van der Waals surface area contributed by atoms with E-state index in [0.29, 0.717) is 12.1 Å². The monoisotopic (exact) mass is 193 g/mol. The van der Waals surface area contributed by atoms with Crippen LogP contribution in [0.3, 0.4) is 0 Å². The lowest BCUT2D eigenvalue weighted by atomic mass is 9.81. The number of hydrogen-bond acceptors (Lipinski definition) is 1. The van der Waals surface area contributed by atoms with Gasteiger partial charge >= 0.3 is 0 Å². The second-order valence-electron chi connectivity index (χ2n) is 5.07. The fourth-order valence-electron chi connectivity index (χ4n) is 2.61. The van der Waals surface area contributed by atoms with Crippen molar-refractivity contribution in [2.75, 3.05) is 0 Å². The van der Waals surface area contributed by atoms with Crippen LogP contribution in [0, 0.1) is 5.92 Å². The summed E-state index contributed by atoms with van der Waals surface area (Å²) >= 11 is 0. The molecule has 0 radical (unpaired) electrons. The summed E-state index contributed by atoms with van der Waals surface area (Å²) in [5.74, 6) is 1.03. The Hall–Kier alpha value is -0.300. The van der Waals surface area contributed by atoms with E-state index in [1.165, 1.54) is 44.9 Å². The van der Waals surface area contributed by atoms with Crippen molar-refractivity contribution < 1.29 is 0 Å². The molecule has 1 nitrogen and oxygen atoms in total. The Morgan fingerprint density at radius 2 is 2.14 bits per heavy atom. The van der Waals surface area contributed by atoms with E-state index in [4.69, 9.17) is 0 Å². The molecule has 0 bridgehead atoms. The Kier molecular flexibility index (Phi) is 3.63. The van der Waals surface area contributed by atoms with Crippen molar-refractivity contribution in [2.45, 2.75) is 64.0 Å². The van der Waals surface area contributed by atoms with E-state index < -0.39 is 0 Å². The Labute approximate surface area is 88.0 Å². The van der Waals surface area contributed by atoms with Crippen molar-refractivity contribution in [1.29, 1.82) is 0 Å². The fraction of sp³-hybridized carbons (Fsp3) is 0.846. The average Bonchev–Trinajstić information content (AvgIpc) is 2.13. The van der Waals surface area contributed by atoms with Gasteiger partial charge in [0.15, 0.2) is 0 Å². The van der Waals surface area contributed by atoms with Crippen molar-refractivity contribution >= 4 is 0 Å². The van der Waals surface area contributed by atoms with Gasteiger partial charge in [0.1, 0.15) is 0 Å². The van der Waals surface area contributed by atoms with Crippen molar-refractivity contribution in [3.05, 3.63) is 12.2 Å². The minimum Gasteiger partial charge on any atom is -0.308 e. The molecule has 0 saturated heterocycles. The molecule has 2 unspecified atom stereocenters. The molecule has 0 aromatic rings. The first-order valence-electron chi connectivity index (χ1n) is 6.27. The van der Waals surface area contributed by atoms with Crippen molar-refractivity contribution in [3.8, 4) is 0 Å². The molecule has 2 rings (SSSR count). The topological polar surface area (TPSA) is 12.0 Å². The normalized spacial score (nSPS) is 29.9. The van der Waals surface area contributed by atoms with Crippen LogP contribution in [-0.4, -0.2) is 12.1 Å². The van der Waals surface area contributed by atoms with Gasteiger partial charge in [-0.15, -0.1) is 0 Å². The van der Waals surface area contributed by atoms with E-state index in [1.54, 1.807) is 0 Å². The molecular weight excluding hydrogens is 170 g/mol. The number of rotatable bonds is 4. The first-order valence-corrected chi connectivity index (χ1v) is 6.27. The van der Waals surface area contributed by atoms with Crippen LogP contribution >= 0.6 is 0 Å². The molecule has 1 N–H and O–H groups in total. The highest BCUT2D eigenvalue weighted by molar-refractivity contribution is 4.98. The van der Waals surface area contributed by atoms with Gasteiger partial charge in [-0.05, 0) is 38.5 Å². The molecule has 80 valence electrons. The zero-order valence-electron chi connectivity index (χ0n) is 9.34. The highest BCUT2D eigenvalue weighted by Crippen LogP contribution is 2.30. The molecule has 2 atom stereocenters. The summed E-state index contributed by atoms with van der Waals surface area (Å²) in [6, 6.07) is 1.38. The Balaban J connectivity index is 1.67. The first-order chi connectivity index (χ1) is 6.84. The summed E-state index contributed by atoms with van der Waals surface area (Å²) in [5.41, 5.74) is 0. The van der Waals surface area contributed by atoms with E-state index in [0.717, 1.165) is 5.92 Å². The van der Waals surface area contributed by atoms with Crippen molar-refractivity contribution in [3.63, 3.8) is 0 Å². The summed E-state index contributed by atoms with van der Waals surface area (Å²) in [6.45, 7) is 2.35. The van der Waals surface area contributed by atoms with Crippen LogP contribution < -0.4 is 5.32 Å². The third-order valence-electron chi connectivity index (χ3n) is 3.66. The molecule has 0 aromatic carbocycles. The van der Waals surface area contributed by atoms with Crippen LogP contribution in [0.25, 0.3) is 0 Å². The van der Waals surface area contributed by atoms with Crippen LogP contribution in [-0.2, 0) is 0 Å². The summed E-state index contributed by atoms with van der Waals surface area (Å²) < 4.78 is 0. The van der Waals surface area contributed by atoms with Gasteiger partial charge in [-0.2, -0.15) is 0 Å². The van der Waals surface area contributed by atoms with E-state index in [-0.39, 0.29) is 0 Å². The summed E-state index contributed by atoms with van der Waals surface area (Å²) in [7, 11) is 0. The van der Waals surface area contributed by atoms with Crippen molar-refractivity contribution in [2.24, 2.45) is 5.92 Å². The minimum atomic E-state index is 0.666. The van der Waals surface area contributed by atoms with Gasteiger partial charge in [0.05, 0.1) is 0 Å². The molecule has 1 heteroatoms. The van der Waals surface area contributed by atoms with Crippen LogP contribution in [0.4, 0.5) is 0 Å². The van der Waals surface area contributed by atoms with E-state index in [9.17, 15) is 0 Å². The van der Waals surface area contributed by atoms with Gasteiger partial charge in [-0.1, -0.05) is 31.4 Å². The van der Waals surface area contributed by atoms with E-state index in [1.807, 2.05) is 0 Å². The molecule has 2 aliphatic carbocycles. The van der Waals surface area contributed by atoms with Gasteiger partial charge in [0.2, 0.25) is 0 Å². The van der Waals surface area contributed by atoms with Crippen LogP contribution in [0.2, 0.25) is 0 Å². The number of hydrogen-bond donors (Lipinski definition) is 1. The lowest BCUT2D eigenvalue weighted by Crippen LogP contribution is -2.38.